The van der Waals surface area contributed by atoms with Crippen molar-refractivity contribution in [2.45, 2.75) is 34.5 Å². The molecule has 0 saturated heterocycles. The van der Waals surface area contributed by atoms with Crippen LogP contribution in [0.4, 0.5) is 0 Å². The highest BCUT2D eigenvalue weighted by Gasteiger charge is 2.12. The Morgan fingerprint density at radius 1 is 0.500 bits per heavy atom. The van der Waals surface area contributed by atoms with Gasteiger partial charge in [0.05, 0.1) is 11.4 Å². The first-order valence-electron chi connectivity index (χ1n) is 16.8. The van der Waals surface area contributed by atoms with Crippen molar-refractivity contribution in [1.29, 1.82) is 0 Å². The second-order valence-electron chi connectivity index (χ2n) is 10.6. The van der Waals surface area contributed by atoms with Crippen molar-refractivity contribution in [3.63, 3.8) is 0 Å². The van der Waals surface area contributed by atoms with E-state index in [1.165, 1.54) is 22.8 Å². The number of hydrogen-bond donors (Lipinski definition) is 0. The van der Waals surface area contributed by atoms with Gasteiger partial charge in [-0.2, -0.15) is 0 Å². The van der Waals surface area contributed by atoms with Crippen LogP contribution in [0.15, 0.2) is 116 Å². The van der Waals surface area contributed by atoms with Crippen molar-refractivity contribution in [3.8, 4) is 56.3 Å². The molecule has 0 atom stereocenters. The van der Waals surface area contributed by atoms with Gasteiger partial charge < -0.3 is 4.74 Å². The van der Waals surface area contributed by atoms with Crippen molar-refractivity contribution in [2.75, 3.05) is 0 Å². The Balaban J connectivity index is 1.40. The summed E-state index contributed by atoms with van der Waals surface area (Å²) in [5.74, 6) is 1.10. The summed E-state index contributed by atoms with van der Waals surface area (Å²) in [7, 11) is 0. The minimum Gasteiger partial charge on any atom is -0.457 e. The van der Waals surface area contributed by atoms with Crippen LogP contribution in [-0.4, -0.2) is 9.97 Å². The Morgan fingerprint density at radius 3 is 2.00 bits per heavy atom. The molecule has 2 heterocycles. The Labute approximate surface area is 257 Å². The predicted octanol–water partition coefficient (Wildman–Crippen LogP) is 10.5. The number of nitrogens with zero attached hydrogens (tertiary/aromatic N) is 2. The number of hydrogen-bond acceptors (Lipinski definition) is 3. The van der Waals surface area contributed by atoms with E-state index in [1.54, 1.807) is 6.07 Å². The normalized spacial score (nSPS) is 13.7. The molecule has 42 heavy (non-hydrogen) atoms. The zero-order chi connectivity index (χ0) is 34.2. The second kappa shape index (κ2) is 11.5. The molecule has 0 saturated carbocycles. The van der Waals surface area contributed by atoms with E-state index in [0.29, 0.717) is 22.8 Å². The maximum absolute atomic E-state index is 8.03. The van der Waals surface area contributed by atoms with Gasteiger partial charge in [0, 0.05) is 31.7 Å². The van der Waals surface area contributed by atoms with E-state index >= 15 is 0 Å². The minimum absolute atomic E-state index is 0.251. The Kier molecular flexibility index (Phi) is 5.67. The molecule has 0 aliphatic carbocycles. The molecule has 3 heteroatoms. The zero-order valence-corrected chi connectivity index (χ0v) is 23.8. The van der Waals surface area contributed by atoms with E-state index < -0.39 is 13.7 Å². The highest BCUT2D eigenvalue weighted by Crippen LogP contribution is 2.35. The van der Waals surface area contributed by atoms with E-state index in [4.69, 9.17) is 17.9 Å². The summed E-state index contributed by atoms with van der Waals surface area (Å²) in [6.07, 6.45) is 3.04. The first-order chi connectivity index (χ1) is 22.8. The van der Waals surface area contributed by atoms with Gasteiger partial charge >= 0.3 is 0 Å². The van der Waals surface area contributed by atoms with Crippen molar-refractivity contribution in [2.24, 2.45) is 0 Å². The lowest BCUT2D eigenvalue weighted by molar-refractivity contribution is 0.483. The van der Waals surface area contributed by atoms with Gasteiger partial charge in [-0.1, -0.05) is 66.2 Å². The molecule has 0 bridgehead atoms. The highest BCUT2D eigenvalue weighted by atomic mass is 16.5. The summed E-state index contributed by atoms with van der Waals surface area (Å²) in [5, 5.41) is 0. The van der Waals surface area contributed by atoms with E-state index in [0.717, 1.165) is 39.7 Å². The van der Waals surface area contributed by atoms with Crippen LogP contribution < -0.4 is 4.74 Å². The van der Waals surface area contributed by atoms with Gasteiger partial charge in [0.25, 0.3) is 0 Å². The topological polar surface area (TPSA) is 35.0 Å². The van der Waals surface area contributed by atoms with Crippen LogP contribution >= 0.6 is 0 Å². The molecule has 2 aromatic heterocycles. The van der Waals surface area contributed by atoms with Crippen molar-refractivity contribution in [1.82, 2.24) is 9.97 Å². The first-order valence-corrected chi connectivity index (χ1v) is 13.8. The standard InChI is InChI=1S/C39H34N2O/c1-25-14-15-36(27(3)16-25)37-22-39(41-24-29(37)5)31-12-9-13-34(19-31)42-35-20-32(30-10-7-6-8-11-30)18-33(21-35)38-17-26(2)28(4)23-40-38/h6-24H,1-5H3/i2D3,4D3. The Hall–Kier alpha value is -5.02. The van der Waals surface area contributed by atoms with E-state index in [9.17, 15) is 0 Å². The van der Waals surface area contributed by atoms with Crippen LogP contribution in [-0.2, 0) is 0 Å². The Bertz CT molecular complexity index is 2120. The number of ether oxygens (including phenoxy) is 1. The van der Waals surface area contributed by atoms with Crippen molar-refractivity contribution in [3.05, 3.63) is 143 Å². The van der Waals surface area contributed by atoms with E-state index in [-0.39, 0.29) is 11.1 Å². The molecule has 0 spiro atoms. The molecule has 0 unspecified atom stereocenters. The van der Waals surface area contributed by atoms with Crippen LogP contribution in [0.25, 0.3) is 44.8 Å². The molecule has 0 aliphatic rings. The lowest BCUT2D eigenvalue weighted by Gasteiger charge is -2.14. The predicted molar refractivity (Wildman–Crippen MR) is 174 cm³/mol. The maximum atomic E-state index is 8.03. The molecule has 0 amide bonds. The van der Waals surface area contributed by atoms with Gasteiger partial charge in [-0.3, -0.25) is 9.97 Å². The third-order valence-electron chi connectivity index (χ3n) is 7.35. The largest absolute Gasteiger partial charge is 0.457 e. The summed E-state index contributed by atoms with van der Waals surface area (Å²) in [5.41, 5.74) is 9.64. The molecule has 4 aromatic carbocycles. The van der Waals surface area contributed by atoms with Gasteiger partial charge in [-0.05, 0) is 121 Å². The number of benzene rings is 4. The van der Waals surface area contributed by atoms with Gasteiger partial charge in [-0.25, -0.2) is 0 Å². The van der Waals surface area contributed by atoms with Crippen LogP contribution in [0.1, 0.15) is 36.0 Å². The summed E-state index contributed by atoms with van der Waals surface area (Å²) in [6.45, 7) is 1.02. The fourth-order valence-electron chi connectivity index (χ4n) is 5.16. The molecular weight excluding hydrogens is 512 g/mol. The van der Waals surface area contributed by atoms with Gasteiger partial charge in [0.1, 0.15) is 11.5 Å². The number of pyridine rings is 2. The quantitative estimate of drug-likeness (QED) is 0.206. The van der Waals surface area contributed by atoms with Gasteiger partial charge in [0.2, 0.25) is 0 Å². The average molecular weight is 553 g/mol. The molecule has 0 fully saturated rings. The summed E-state index contributed by atoms with van der Waals surface area (Å²) in [6, 6.07) is 33.0. The Morgan fingerprint density at radius 2 is 1.21 bits per heavy atom. The molecule has 206 valence electrons. The third kappa shape index (κ3) is 5.73. The van der Waals surface area contributed by atoms with Crippen molar-refractivity contribution < 1.29 is 13.0 Å². The molecule has 3 nitrogen and oxygen atoms in total. The summed E-state index contributed by atoms with van der Waals surface area (Å²) < 4.78 is 54.1. The summed E-state index contributed by atoms with van der Waals surface area (Å²) >= 11 is 0. The zero-order valence-electron chi connectivity index (χ0n) is 29.8. The lowest BCUT2D eigenvalue weighted by atomic mass is 9.95. The lowest BCUT2D eigenvalue weighted by Crippen LogP contribution is -1.93. The first kappa shape index (κ1) is 20.8. The van der Waals surface area contributed by atoms with Gasteiger partial charge in [0.15, 0.2) is 0 Å². The smallest absolute Gasteiger partial charge is 0.128 e. The summed E-state index contributed by atoms with van der Waals surface area (Å²) in [4.78, 5) is 9.14. The molecule has 0 aliphatic heterocycles. The third-order valence-corrected chi connectivity index (χ3v) is 7.35. The highest BCUT2D eigenvalue weighted by molar-refractivity contribution is 5.76. The fraction of sp³-hybridized carbons (Fsp3) is 0.128. The van der Waals surface area contributed by atoms with Gasteiger partial charge in [-0.15, -0.1) is 0 Å². The van der Waals surface area contributed by atoms with Crippen molar-refractivity contribution >= 4 is 0 Å². The number of aromatic nitrogens is 2. The molecule has 6 rings (SSSR count). The molecule has 0 radical (unpaired) electrons. The monoisotopic (exact) mass is 552 g/mol. The van der Waals surface area contributed by atoms with E-state index in [1.807, 2.05) is 72.9 Å². The van der Waals surface area contributed by atoms with Crippen LogP contribution in [0.2, 0.25) is 0 Å². The molecule has 6 aromatic rings. The average Bonchev–Trinajstić information content (AvgIpc) is 3.04. The van der Waals surface area contributed by atoms with E-state index in [2.05, 4.69) is 50.0 Å². The SMILES string of the molecule is [2H]C([2H])([2H])c1cnc(-c2cc(Oc3cccc(-c4cc(-c5ccc(C)cc5C)c(C)cn4)c3)cc(-c3ccccc3)c2)cc1C([2H])([2H])[2H]. The van der Waals surface area contributed by atoms with Crippen LogP contribution in [0.3, 0.4) is 0 Å². The second-order valence-corrected chi connectivity index (χ2v) is 10.6. The number of rotatable bonds is 6. The minimum atomic E-state index is -2.64. The van der Waals surface area contributed by atoms with Crippen LogP contribution in [0.5, 0.6) is 11.5 Å². The molecule has 0 N–H and O–H groups in total. The van der Waals surface area contributed by atoms with Crippen LogP contribution in [0, 0.1) is 34.5 Å². The number of aryl methyl sites for hydroxylation is 5. The molecular formula is C39H34N2O. The maximum Gasteiger partial charge on any atom is 0.128 e. The fourth-order valence-corrected chi connectivity index (χ4v) is 5.16.